The van der Waals surface area contributed by atoms with Crippen LogP contribution in [0, 0.1) is 0 Å². The fourth-order valence-corrected chi connectivity index (χ4v) is 1.96. The molecule has 0 atom stereocenters. The second-order valence-electron chi connectivity index (χ2n) is 3.41. The molecule has 0 aliphatic rings. The Hall–Kier alpha value is -1.18. The number of para-hydroxylation sites is 1. The van der Waals surface area contributed by atoms with Gasteiger partial charge in [0.05, 0.1) is 11.4 Å². The molecule has 0 saturated carbocycles. The van der Waals surface area contributed by atoms with Gasteiger partial charge in [-0.25, -0.2) is 5.14 Å². The van der Waals surface area contributed by atoms with Crippen LogP contribution >= 0.6 is 0 Å². The van der Waals surface area contributed by atoms with Crippen molar-refractivity contribution in [2.75, 3.05) is 4.72 Å². The van der Waals surface area contributed by atoms with Gasteiger partial charge < -0.3 is 0 Å². The number of hydrogen-bond acceptors (Lipinski definition) is 3. The topological polar surface area (TPSA) is 85.1 Å². The van der Waals surface area contributed by atoms with Crippen LogP contribution in [0.25, 0.3) is 11.3 Å². The number of pyridine rings is 1. The van der Waals surface area contributed by atoms with E-state index in [2.05, 4.69) is 9.71 Å². The summed E-state index contributed by atoms with van der Waals surface area (Å²) in [5.74, 6) is 0. The monoisotopic (exact) mass is 356 g/mol. The summed E-state index contributed by atoms with van der Waals surface area (Å²) in [6, 6.07) is 12.3. The van der Waals surface area contributed by atoms with Crippen molar-refractivity contribution in [2.45, 2.75) is 0 Å². The van der Waals surface area contributed by atoms with Crippen molar-refractivity contribution < 1.29 is 30.8 Å². The molecule has 0 fully saturated rings. The van der Waals surface area contributed by atoms with Crippen molar-refractivity contribution in [3.05, 3.63) is 48.7 Å². The Balaban J connectivity index is 0.00000162. The van der Waals surface area contributed by atoms with E-state index in [9.17, 15) is 8.42 Å². The maximum Gasteiger partial charge on any atom is 0.296 e. The van der Waals surface area contributed by atoms with Gasteiger partial charge in [0.2, 0.25) is 0 Å². The van der Waals surface area contributed by atoms with Gasteiger partial charge in [-0.15, -0.1) is 0 Å². The van der Waals surface area contributed by atoms with E-state index >= 15 is 0 Å². The maximum atomic E-state index is 11.0. The fraction of sp³-hybridized carbons (Fsp3) is 0. The van der Waals surface area contributed by atoms with Gasteiger partial charge in [0.1, 0.15) is 0 Å². The van der Waals surface area contributed by atoms with Gasteiger partial charge in [-0.05, 0) is 18.2 Å². The molecule has 0 bridgehead atoms. The molecule has 99 valence electrons. The number of nitrogens with two attached hydrogens (primary N) is 1. The molecule has 1 aromatic carbocycles. The first-order valence-corrected chi connectivity index (χ1v) is 6.42. The van der Waals surface area contributed by atoms with Gasteiger partial charge in [-0.2, -0.15) is 8.42 Å². The summed E-state index contributed by atoms with van der Waals surface area (Å²) in [7, 11) is -3.79. The molecule has 0 aliphatic carbocycles. The molecule has 2 rings (SSSR count). The summed E-state index contributed by atoms with van der Waals surface area (Å²) >= 11 is 0. The number of aromatic nitrogens is 1. The van der Waals surface area contributed by atoms with E-state index in [4.69, 9.17) is 5.14 Å². The predicted molar refractivity (Wildman–Crippen MR) is 66.4 cm³/mol. The van der Waals surface area contributed by atoms with Crippen molar-refractivity contribution in [2.24, 2.45) is 5.14 Å². The van der Waals surface area contributed by atoms with Crippen LogP contribution in [0.3, 0.4) is 0 Å². The summed E-state index contributed by atoms with van der Waals surface area (Å²) in [4.78, 5) is 4.16. The zero-order chi connectivity index (χ0) is 12.3. The largest absolute Gasteiger partial charge is 0.296 e. The minimum absolute atomic E-state index is 0. The smallest absolute Gasteiger partial charge is 0.271 e. The molecule has 1 aromatic heterocycles. The van der Waals surface area contributed by atoms with Crippen LogP contribution in [0.4, 0.5) is 5.69 Å². The zero-order valence-corrected chi connectivity index (χ0v) is 11.5. The van der Waals surface area contributed by atoms with E-state index < -0.39 is 10.2 Å². The Morgan fingerprint density at radius 3 is 2.33 bits per heavy atom. The van der Waals surface area contributed by atoms with E-state index in [0.29, 0.717) is 16.9 Å². The molecular formula is C11H11AgN3O2S. The van der Waals surface area contributed by atoms with Crippen LogP contribution in [0.2, 0.25) is 0 Å². The Morgan fingerprint density at radius 2 is 1.72 bits per heavy atom. The second kappa shape index (κ2) is 6.12. The molecule has 7 heteroatoms. The van der Waals surface area contributed by atoms with Crippen LogP contribution < -0.4 is 9.86 Å². The third kappa shape index (κ3) is 3.94. The normalized spacial score (nSPS) is 10.5. The number of anilines is 1. The van der Waals surface area contributed by atoms with Gasteiger partial charge in [0.15, 0.2) is 0 Å². The molecule has 0 unspecified atom stereocenters. The average Bonchev–Trinajstić information content (AvgIpc) is 2.29. The van der Waals surface area contributed by atoms with Crippen molar-refractivity contribution in [3.63, 3.8) is 0 Å². The average molecular weight is 357 g/mol. The third-order valence-corrected chi connectivity index (χ3v) is 2.62. The summed E-state index contributed by atoms with van der Waals surface area (Å²) in [6.45, 7) is 0. The van der Waals surface area contributed by atoms with Crippen LogP contribution in [-0.4, -0.2) is 13.4 Å². The summed E-state index contributed by atoms with van der Waals surface area (Å²) in [5.41, 5.74) is 1.77. The first kappa shape index (κ1) is 14.9. The molecule has 5 nitrogen and oxygen atoms in total. The Bertz CT molecular complexity index is 617. The van der Waals surface area contributed by atoms with Crippen LogP contribution in [-0.2, 0) is 32.6 Å². The fourth-order valence-electron chi connectivity index (χ4n) is 1.47. The first-order valence-electron chi connectivity index (χ1n) is 4.87. The molecule has 1 heterocycles. The number of nitrogens with zero attached hydrogens (tertiary/aromatic N) is 1. The van der Waals surface area contributed by atoms with Gasteiger partial charge in [-0.3, -0.25) is 9.71 Å². The molecule has 0 spiro atoms. The quantitative estimate of drug-likeness (QED) is 0.814. The van der Waals surface area contributed by atoms with E-state index in [0.717, 1.165) is 0 Å². The van der Waals surface area contributed by atoms with Crippen LogP contribution in [0.15, 0.2) is 48.7 Å². The van der Waals surface area contributed by atoms with E-state index in [1.807, 2.05) is 6.07 Å². The molecule has 0 aliphatic heterocycles. The number of benzene rings is 1. The summed E-state index contributed by atoms with van der Waals surface area (Å²) in [6.07, 6.45) is 1.64. The van der Waals surface area contributed by atoms with Crippen molar-refractivity contribution >= 4 is 15.9 Å². The van der Waals surface area contributed by atoms with E-state index in [1.165, 1.54) is 0 Å². The standard InChI is InChI=1S/C11H11N3O2S.Ag/c12-17(15,16)14-11-7-2-1-5-9(11)10-6-3-4-8-13-10;/h1-8,14H,(H2,12,15,16);. The molecule has 18 heavy (non-hydrogen) atoms. The predicted octanol–water partition coefficient (Wildman–Crippen LogP) is 1.36. The van der Waals surface area contributed by atoms with Gasteiger partial charge >= 0.3 is 0 Å². The van der Waals surface area contributed by atoms with Crippen LogP contribution in [0.5, 0.6) is 0 Å². The van der Waals surface area contributed by atoms with Crippen molar-refractivity contribution in [3.8, 4) is 11.3 Å². The number of hydrogen-bond donors (Lipinski definition) is 2. The molecule has 1 radical (unpaired) electrons. The van der Waals surface area contributed by atoms with E-state index in [1.54, 1.807) is 42.6 Å². The molecular weight excluding hydrogens is 346 g/mol. The summed E-state index contributed by atoms with van der Waals surface area (Å²) < 4.78 is 24.3. The Labute approximate surface area is 121 Å². The third-order valence-electron chi connectivity index (χ3n) is 2.12. The minimum atomic E-state index is -3.79. The Kier molecular flexibility index (Phi) is 5.06. The first-order chi connectivity index (χ1) is 8.06. The minimum Gasteiger partial charge on any atom is -0.271 e. The van der Waals surface area contributed by atoms with Crippen molar-refractivity contribution in [1.29, 1.82) is 0 Å². The molecule has 3 N–H and O–H groups in total. The molecule has 2 aromatic rings. The molecule has 0 amide bonds. The maximum absolute atomic E-state index is 11.0. The van der Waals surface area contributed by atoms with Gasteiger partial charge in [0.25, 0.3) is 10.2 Å². The second-order valence-corrected chi connectivity index (χ2v) is 4.70. The zero-order valence-electron chi connectivity index (χ0n) is 9.17. The van der Waals surface area contributed by atoms with Crippen LogP contribution in [0.1, 0.15) is 0 Å². The van der Waals surface area contributed by atoms with E-state index in [-0.39, 0.29) is 22.4 Å². The number of nitrogens with one attached hydrogen (secondary N) is 1. The van der Waals surface area contributed by atoms with Crippen molar-refractivity contribution in [1.82, 2.24) is 4.98 Å². The molecule has 0 saturated heterocycles. The Morgan fingerprint density at radius 1 is 1.06 bits per heavy atom. The number of rotatable bonds is 3. The van der Waals surface area contributed by atoms with Gasteiger partial charge in [-0.1, -0.05) is 24.3 Å². The SMILES string of the molecule is NS(=O)(=O)Nc1ccccc1-c1ccccn1.[Ag]. The summed E-state index contributed by atoms with van der Waals surface area (Å²) in [5, 5.41) is 4.96. The van der Waals surface area contributed by atoms with Gasteiger partial charge in [0, 0.05) is 34.1 Å².